The van der Waals surface area contributed by atoms with Crippen LogP contribution in [0.4, 0.5) is 4.39 Å². The first kappa shape index (κ1) is 15.3. The van der Waals surface area contributed by atoms with Crippen LogP contribution >= 0.6 is 12.2 Å². The van der Waals surface area contributed by atoms with Gasteiger partial charge in [-0.2, -0.15) is 4.31 Å². The molecule has 8 heteroatoms. The number of hydrogen-bond donors (Lipinski definition) is 1. The Bertz CT molecular complexity index is 634. The molecule has 1 aliphatic rings. The molecule has 0 aromatic heterocycles. The number of benzene rings is 1. The van der Waals surface area contributed by atoms with Crippen LogP contribution in [0, 0.1) is 12.7 Å². The minimum absolute atomic E-state index is 0.0407. The van der Waals surface area contributed by atoms with E-state index in [4.69, 9.17) is 22.7 Å². The maximum atomic E-state index is 13.3. The average molecular weight is 318 g/mol. The van der Waals surface area contributed by atoms with E-state index in [0.717, 1.165) is 6.07 Å². The van der Waals surface area contributed by atoms with Crippen molar-refractivity contribution in [3.05, 3.63) is 29.6 Å². The van der Waals surface area contributed by atoms with E-state index < -0.39 is 21.9 Å². The molecule has 0 spiro atoms. The normalized spacial score (nSPS) is 20.8. The number of rotatable bonds is 3. The van der Waals surface area contributed by atoms with Crippen LogP contribution in [0.5, 0.6) is 0 Å². The molecule has 20 heavy (non-hydrogen) atoms. The van der Waals surface area contributed by atoms with Crippen LogP contribution in [0.15, 0.2) is 23.1 Å². The molecule has 1 saturated heterocycles. The van der Waals surface area contributed by atoms with Gasteiger partial charge in [-0.3, -0.25) is 0 Å². The predicted octanol–water partition coefficient (Wildman–Crippen LogP) is 0.810. The maximum Gasteiger partial charge on any atom is 0.243 e. The summed E-state index contributed by atoms with van der Waals surface area (Å²) in [5.41, 5.74) is 5.98. The Morgan fingerprint density at radius 3 is 2.90 bits per heavy atom. The number of morpholine rings is 1. The molecule has 2 rings (SSSR count). The van der Waals surface area contributed by atoms with Gasteiger partial charge in [-0.25, -0.2) is 12.8 Å². The van der Waals surface area contributed by atoms with Crippen LogP contribution in [0.3, 0.4) is 0 Å². The smallest absolute Gasteiger partial charge is 0.243 e. The molecule has 0 amide bonds. The van der Waals surface area contributed by atoms with Crippen LogP contribution in [-0.2, 0) is 14.8 Å². The van der Waals surface area contributed by atoms with Gasteiger partial charge in [0.15, 0.2) is 0 Å². The van der Waals surface area contributed by atoms with Crippen LogP contribution in [0.1, 0.15) is 5.56 Å². The third-order valence-electron chi connectivity index (χ3n) is 3.11. The number of aryl methyl sites for hydroxylation is 1. The van der Waals surface area contributed by atoms with Crippen molar-refractivity contribution in [2.75, 3.05) is 19.7 Å². The van der Waals surface area contributed by atoms with Crippen LogP contribution in [0.2, 0.25) is 0 Å². The Morgan fingerprint density at radius 2 is 2.25 bits per heavy atom. The maximum absolute atomic E-state index is 13.3. The van der Waals surface area contributed by atoms with Crippen LogP contribution in [-0.4, -0.2) is 43.5 Å². The Balaban J connectivity index is 2.35. The fourth-order valence-corrected chi connectivity index (χ4v) is 3.81. The first-order chi connectivity index (χ1) is 9.32. The highest BCUT2D eigenvalue weighted by Crippen LogP contribution is 2.22. The van der Waals surface area contributed by atoms with E-state index in [1.165, 1.54) is 16.4 Å². The van der Waals surface area contributed by atoms with Crippen molar-refractivity contribution in [3.63, 3.8) is 0 Å². The Labute approximate surface area is 122 Å². The van der Waals surface area contributed by atoms with Gasteiger partial charge in [0, 0.05) is 13.1 Å². The number of hydrogen-bond acceptors (Lipinski definition) is 4. The molecule has 2 N–H and O–H groups in total. The largest absolute Gasteiger partial charge is 0.391 e. The molecule has 1 heterocycles. The summed E-state index contributed by atoms with van der Waals surface area (Å²) in [7, 11) is -3.78. The third kappa shape index (κ3) is 2.98. The van der Waals surface area contributed by atoms with Gasteiger partial charge >= 0.3 is 0 Å². The van der Waals surface area contributed by atoms with Gasteiger partial charge < -0.3 is 10.5 Å². The summed E-state index contributed by atoms with van der Waals surface area (Å²) < 4.78 is 44.9. The van der Waals surface area contributed by atoms with Crippen molar-refractivity contribution in [1.82, 2.24) is 4.31 Å². The molecule has 1 aromatic carbocycles. The summed E-state index contributed by atoms with van der Waals surface area (Å²) in [6, 6.07) is 3.69. The lowest BCUT2D eigenvalue weighted by Crippen LogP contribution is -2.49. The molecule has 5 nitrogen and oxygen atoms in total. The molecule has 110 valence electrons. The molecule has 0 aliphatic carbocycles. The Hall–Kier alpha value is -1.09. The third-order valence-corrected chi connectivity index (χ3v) is 5.38. The minimum atomic E-state index is -3.78. The van der Waals surface area contributed by atoms with Gasteiger partial charge in [0.25, 0.3) is 0 Å². The van der Waals surface area contributed by atoms with E-state index in [9.17, 15) is 12.8 Å². The highest BCUT2D eigenvalue weighted by atomic mass is 32.2. The summed E-state index contributed by atoms with van der Waals surface area (Å²) in [6.07, 6.45) is -0.609. The fraction of sp³-hybridized carbons (Fsp3) is 0.417. The molecular formula is C12H15FN2O3S2. The van der Waals surface area contributed by atoms with Gasteiger partial charge in [-0.15, -0.1) is 0 Å². The summed E-state index contributed by atoms with van der Waals surface area (Å²) in [5.74, 6) is -0.590. The summed E-state index contributed by atoms with van der Waals surface area (Å²) in [6.45, 7) is 2.07. The lowest BCUT2D eigenvalue weighted by atomic mass is 10.2. The first-order valence-electron chi connectivity index (χ1n) is 5.99. The second-order valence-electron chi connectivity index (χ2n) is 4.53. The van der Waals surface area contributed by atoms with E-state index in [1.54, 1.807) is 6.92 Å². The van der Waals surface area contributed by atoms with Gasteiger partial charge in [-0.1, -0.05) is 18.3 Å². The fourth-order valence-electron chi connectivity index (χ4n) is 2.01. The van der Waals surface area contributed by atoms with Gasteiger partial charge in [-0.05, 0) is 24.6 Å². The zero-order valence-electron chi connectivity index (χ0n) is 10.9. The quantitative estimate of drug-likeness (QED) is 0.835. The highest BCUT2D eigenvalue weighted by molar-refractivity contribution is 7.89. The average Bonchev–Trinajstić information content (AvgIpc) is 2.41. The van der Waals surface area contributed by atoms with Gasteiger partial charge in [0.2, 0.25) is 10.0 Å². The zero-order valence-corrected chi connectivity index (χ0v) is 12.5. The lowest BCUT2D eigenvalue weighted by Gasteiger charge is -2.31. The van der Waals surface area contributed by atoms with Crippen molar-refractivity contribution >= 4 is 27.2 Å². The Kier molecular flexibility index (Phi) is 4.38. The van der Waals surface area contributed by atoms with Crippen molar-refractivity contribution < 1.29 is 17.5 Å². The molecule has 0 radical (unpaired) electrons. The standard InChI is InChI=1S/C12H15FN2O3S2/c1-8-2-3-9(13)6-11(8)20(16,17)15-4-5-18-10(7-15)12(14)19/h2-3,6,10H,4-5,7H2,1H3,(H2,14,19). The first-order valence-corrected chi connectivity index (χ1v) is 7.84. The van der Waals surface area contributed by atoms with Crippen molar-refractivity contribution in [2.24, 2.45) is 5.73 Å². The molecule has 0 bridgehead atoms. The number of sulfonamides is 1. The number of thiocarbonyl (C=S) groups is 1. The predicted molar refractivity (Wildman–Crippen MR) is 76.4 cm³/mol. The van der Waals surface area contributed by atoms with Gasteiger partial charge in [0.05, 0.1) is 11.5 Å². The number of ether oxygens (including phenoxy) is 1. The van der Waals surface area contributed by atoms with E-state index in [2.05, 4.69) is 0 Å². The molecule has 1 atom stereocenters. The Morgan fingerprint density at radius 1 is 1.55 bits per heavy atom. The summed E-state index contributed by atoms with van der Waals surface area (Å²) >= 11 is 4.83. The molecule has 1 aromatic rings. The van der Waals surface area contributed by atoms with E-state index in [1.807, 2.05) is 0 Å². The molecule has 1 aliphatic heterocycles. The van der Waals surface area contributed by atoms with E-state index in [0.29, 0.717) is 5.56 Å². The molecule has 1 fully saturated rings. The van der Waals surface area contributed by atoms with Crippen LogP contribution in [0.25, 0.3) is 0 Å². The number of nitrogens with two attached hydrogens (primary N) is 1. The van der Waals surface area contributed by atoms with Crippen molar-refractivity contribution in [3.8, 4) is 0 Å². The molecule has 0 saturated carbocycles. The van der Waals surface area contributed by atoms with Gasteiger partial charge in [0.1, 0.15) is 16.9 Å². The highest BCUT2D eigenvalue weighted by Gasteiger charge is 2.32. The second kappa shape index (κ2) is 5.72. The molecular weight excluding hydrogens is 303 g/mol. The SMILES string of the molecule is Cc1ccc(F)cc1S(=O)(=O)N1CCOC(C(N)=S)C1. The van der Waals surface area contributed by atoms with Crippen LogP contribution < -0.4 is 5.73 Å². The van der Waals surface area contributed by atoms with E-state index in [-0.39, 0.29) is 29.6 Å². The van der Waals surface area contributed by atoms with Crippen molar-refractivity contribution in [2.45, 2.75) is 17.9 Å². The van der Waals surface area contributed by atoms with E-state index >= 15 is 0 Å². The summed E-state index contributed by atoms with van der Waals surface area (Å²) in [5, 5.41) is 0. The lowest BCUT2D eigenvalue weighted by molar-refractivity contribution is 0.0386. The summed E-state index contributed by atoms with van der Waals surface area (Å²) in [4.78, 5) is 0.0713. The number of halogens is 1. The topological polar surface area (TPSA) is 72.6 Å². The number of nitrogens with zero attached hydrogens (tertiary/aromatic N) is 1. The molecule has 1 unspecified atom stereocenters. The second-order valence-corrected chi connectivity index (χ2v) is 6.91. The monoisotopic (exact) mass is 318 g/mol. The minimum Gasteiger partial charge on any atom is -0.391 e. The zero-order chi connectivity index (χ0) is 14.9. The van der Waals surface area contributed by atoms with Crippen molar-refractivity contribution in [1.29, 1.82) is 0 Å².